The van der Waals surface area contributed by atoms with E-state index in [2.05, 4.69) is 9.97 Å². The van der Waals surface area contributed by atoms with Crippen molar-refractivity contribution in [2.24, 2.45) is 0 Å². The highest BCUT2D eigenvalue weighted by molar-refractivity contribution is 5.79. The molecular formula is C13H16N2O4. The van der Waals surface area contributed by atoms with Crippen molar-refractivity contribution in [1.29, 1.82) is 0 Å². The Hall–Kier alpha value is -1.79. The minimum absolute atomic E-state index is 0.141. The highest BCUT2D eigenvalue weighted by Crippen LogP contribution is 2.32. The van der Waals surface area contributed by atoms with Gasteiger partial charge in [-0.05, 0) is 0 Å². The molecule has 0 amide bonds. The Morgan fingerprint density at radius 1 is 1.21 bits per heavy atom. The Balaban J connectivity index is 1.99. The highest BCUT2D eigenvalue weighted by Gasteiger charge is 2.21. The SMILES string of the molecule is COc1cc2nc(C3COCCO3)[nH]c2cc1OC. The van der Waals surface area contributed by atoms with E-state index < -0.39 is 0 Å². The molecule has 1 N–H and O–H groups in total. The molecule has 6 nitrogen and oxygen atoms in total. The van der Waals surface area contributed by atoms with E-state index >= 15 is 0 Å². The first-order valence-electron chi connectivity index (χ1n) is 6.13. The van der Waals surface area contributed by atoms with Crippen LogP contribution in [-0.2, 0) is 9.47 Å². The summed E-state index contributed by atoms with van der Waals surface area (Å²) in [7, 11) is 3.22. The van der Waals surface area contributed by atoms with E-state index in [0.29, 0.717) is 31.3 Å². The maximum absolute atomic E-state index is 5.63. The van der Waals surface area contributed by atoms with Crippen molar-refractivity contribution < 1.29 is 18.9 Å². The molecule has 6 heteroatoms. The molecule has 0 saturated carbocycles. The van der Waals surface area contributed by atoms with Gasteiger partial charge < -0.3 is 23.9 Å². The lowest BCUT2D eigenvalue weighted by atomic mass is 10.3. The molecule has 1 unspecified atom stereocenters. The van der Waals surface area contributed by atoms with E-state index in [-0.39, 0.29) is 6.10 Å². The fourth-order valence-corrected chi connectivity index (χ4v) is 2.15. The molecule has 1 fully saturated rings. The number of ether oxygens (including phenoxy) is 4. The van der Waals surface area contributed by atoms with Gasteiger partial charge in [0.15, 0.2) is 11.5 Å². The normalized spacial score (nSPS) is 19.6. The topological polar surface area (TPSA) is 65.6 Å². The van der Waals surface area contributed by atoms with Crippen LogP contribution < -0.4 is 9.47 Å². The summed E-state index contributed by atoms with van der Waals surface area (Å²) in [6.45, 7) is 1.75. The molecule has 0 bridgehead atoms. The third kappa shape index (κ3) is 2.24. The van der Waals surface area contributed by atoms with Crippen LogP contribution in [0.15, 0.2) is 12.1 Å². The fraction of sp³-hybridized carbons (Fsp3) is 0.462. The van der Waals surface area contributed by atoms with Crippen molar-refractivity contribution in [3.63, 3.8) is 0 Å². The highest BCUT2D eigenvalue weighted by atomic mass is 16.6. The maximum Gasteiger partial charge on any atom is 0.163 e. The van der Waals surface area contributed by atoms with Gasteiger partial charge in [-0.15, -0.1) is 0 Å². The van der Waals surface area contributed by atoms with Gasteiger partial charge in [0.25, 0.3) is 0 Å². The number of rotatable bonds is 3. The second-order valence-corrected chi connectivity index (χ2v) is 4.28. The Morgan fingerprint density at radius 2 is 2.00 bits per heavy atom. The fourth-order valence-electron chi connectivity index (χ4n) is 2.15. The largest absolute Gasteiger partial charge is 0.493 e. The summed E-state index contributed by atoms with van der Waals surface area (Å²) in [4.78, 5) is 7.76. The minimum atomic E-state index is -0.141. The van der Waals surface area contributed by atoms with Gasteiger partial charge in [0, 0.05) is 12.1 Å². The molecule has 19 heavy (non-hydrogen) atoms. The quantitative estimate of drug-likeness (QED) is 0.913. The van der Waals surface area contributed by atoms with E-state index in [4.69, 9.17) is 18.9 Å². The van der Waals surface area contributed by atoms with Gasteiger partial charge in [0.05, 0.1) is 45.1 Å². The zero-order chi connectivity index (χ0) is 13.2. The first-order valence-corrected chi connectivity index (χ1v) is 6.13. The smallest absolute Gasteiger partial charge is 0.163 e. The van der Waals surface area contributed by atoms with Crippen LogP contribution in [0.5, 0.6) is 11.5 Å². The maximum atomic E-state index is 5.63. The first-order chi connectivity index (χ1) is 9.31. The Kier molecular flexibility index (Phi) is 3.27. The van der Waals surface area contributed by atoms with Gasteiger partial charge in [-0.25, -0.2) is 4.98 Å². The Bertz CT molecular complexity index is 534. The van der Waals surface area contributed by atoms with Crippen molar-refractivity contribution in [2.75, 3.05) is 34.0 Å². The number of hydrogen-bond donors (Lipinski definition) is 1. The zero-order valence-electron chi connectivity index (χ0n) is 10.9. The van der Waals surface area contributed by atoms with E-state index in [0.717, 1.165) is 16.9 Å². The lowest BCUT2D eigenvalue weighted by Gasteiger charge is -2.20. The summed E-state index contributed by atoms with van der Waals surface area (Å²) >= 11 is 0. The Morgan fingerprint density at radius 3 is 2.68 bits per heavy atom. The molecule has 1 atom stereocenters. The number of aromatic amines is 1. The van der Waals surface area contributed by atoms with Crippen molar-refractivity contribution in [3.05, 3.63) is 18.0 Å². The van der Waals surface area contributed by atoms with Crippen molar-refractivity contribution in [1.82, 2.24) is 9.97 Å². The first kappa shape index (κ1) is 12.3. The van der Waals surface area contributed by atoms with Gasteiger partial charge in [0.2, 0.25) is 0 Å². The van der Waals surface area contributed by atoms with Crippen LogP contribution in [0.1, 0.15) is 11.9 Å². The predicted molar refractivity (Wildman–Crippen MR) is 68.7 cm³/mol. The summed E-state index contributed by atoms with van der Waals surface area (Å²) in [6.07, 6.45) is -0.141. The summed E-state index contributed by atoms with van der Waals surface area (Å²) in [6, 6.07) is 3.71. The summed E-state index contributed by atoms with van der Waals surface area (Å²) in [5.74, 6) is 2.10. The number of H-pyrrole nitrogens is 1. The van der Waals surface area contributed by atoms with Gasteiger partial charge in [-0.3, -0.25) is 0 Å². The van der Waals surface area contributed by atoms with E-state index in [1.54, 1.807) is 14.2 Å². The molecule has 0 aliphatic carbocycles. The molecule has 1 aliphatic rings. The molecule has 3 rings (SSSR count). The van der Waals surface area contributed by atoms with Crippen LogP contribution in [0.3, 0.4) is 0 Å². The lowest BCUT2D eigenvalue weighted by molar-refractivity contribution is -0.0931. The van der Waals surface area contributed by atoms with E-state index in [1.807, 2.05) is 12.1 Å². The van der Waals surface area contributed by atoms with Crippen LogP contribution in [0.4, 0.5) is 0 Å². The Labute approximate surface area is 110 Å². The van der Waals surface area contributed by atoms with Crippen LogP contribution in [-0.4, -0.2) is 44.0 Å². The molecule has 102 valence electrons. The van der Waals surface area contributed by atoms with Crippen LogP contribution >= 0.6 is 0 Å². The number of fused-ring (bicyclic) bond motifs is 1. The van der Waals surface area contributed by atoms with Gasteiger partial charge >= 0.3 is 0 Å². The van der Waals surface area contributed by atoms with Crippen molar-refractivity contribution in [2.45, 2.75) is 6.10 Å². The molecule has 0 radical (unpaired) electrons. The van der Waals surface area contributed by atoms with Crippen LogP contribution in [0.2, 0.25) is 0 Å². The monoisotopic (exact) mass is 264 g/mol. The van der Waals surface area contributed by atoms with Gasteiger partial charge in [0.1, 0.15) is 11.9 Å². The second-order valence-electron chi connectivity index (χ2n) is 4.28. The molecule has 2 aromatic rings. The number of benzene rings is 1. The lowest BCUT2D eigenvalue weighted by Crippen LogP contribution is -2.22. The molecule has 0 spiro atoms. The number of nitrogens with zero attached hydrogens (tertiary/aromatic N) is 1. The van der Waals surface area contributed by atoms with Crippen LogP contribution in [0, 0.1) is 0 Å². The molecule has 1 saturated heterocycles. The number of nitrogens with one attached hydrogen (secondary N) is 1. The average Bonchev–Trinajstić information content (AvgIpc) is 2.89. The average molecular weight is 264 g/mol. The standard InChI is InChI=1S/C13H16N2O4/c1-16-10-5-8-9(6-11(10)17-2)15-13(14-8)12-7-18-3-4-19-12/h5-6,12H,3-4,7H2,1-2H3,(H,14,15). The molecule has 1 aromatic carbocycles. The molecule has 1 aromatic heterocycles. The summed E-state index contributed by atoms with van der Waals surface area (Å²) < 4.78 is 21.5. The van der Waals surface area contributed by atoms with Crippen LogP contribution in [0.25, 0.3) is 11.0 Å². The van der Waals surface area contributed by atoms with Crippen molar-refractivity contribution in [3.8, 4) is 11.5 Å². The number of imidazole rings is 1. The third-order valence-electron chi connectivity index (χ3n) is 3.13. The van der Waals surface area contributed by atoms with Gasteiger partial charge in [-0.1, -0.05) is 0 Å². The molecule has 1 aliphatic heterocycles. The second kappa shape index (κ2) is 5.07. The van der Waals surface area contributed by atoms with E-state index in [1.165, 1.54) is 0 Å². The van der Waals surface area contributed by atoms with E-state index in [9.17, 15) is 0 Å². The van der Waals surface area contributed by atoms with Crippen molar-refractivity contribution >= 4 is 11.0 Å². The zero-order valence-corrected chi connectivity index (χ0v) is 10.9. The number of aromatic nitrogens is 2. The third-order valence-corrected chi connectivity index (χ3v) is 3.13. The number of methoxy groups -OCH3 is 2. The number of hydrogen-bond acceptors (Lipinski definition) is 5. The van der Waals surface area contributed by atoms with Gasteiger partial charge in [-0.2, -0.15) is 0 Å². The summed E-state index contributed by atoms with van der Waals surface area (Å²) in [5.41, 5.74) is 1.71. The predicted octanol–water partition coefficient (Wildman–Crippen LogP) is 1.67. The molecule has 2 heterocycles. The minimum Gasteiger partial charge on any atom is -0.493 e. The molecular weight excluding hydrogens is 248 g/mol. The summed E-state index contributed by atoms with van der Waals surface area (Å²) in [5, 5.41) is 0.